The second-order valence-corrected chi connectivity index (χ2v) is 16.3. The number of hydrogen-bond donors (Lipinski definition) is 0. The fourth-order valence-corrected chi connectivity index (χ4v) is 5.57. The summed E-state index contributed by atoms with van der Waals surface area (Å²) in [5, 5.41) is 0. The lowest BCUT2D eigenvalue weighted by atomic mass is 9.98. The molecule has 226 valence electrons. The van der Waals surface area contributed by atoms with Crippen LogP contribution in [0.4, 0.5) is 11.4 Å². The van der Waals surface area contributed by atoms with Crippen LogP contribution in [0.2, 0.25) is 0 Å². The van der Waals surface area contributed by atoms with Gasteiger partial charge in [-0.15, -0.1) is 0 Å². The number of likely N-dealkylation sites (N-methyl/N-ethyl adjacent to an activating group) is 2. The molecule has 40 heavy (non-hydrogen) atoms. The molecule has 0 saturated heterocycles. The molecule has 0 aromatic heterocycles. The van der Waals surface area contributed by atoms with Gasteiger partial charge in [0.15, 0.2) is 0 Å². The predicted molar refractivity (Wildman–Crippen MR) is 178 cm³/mol. The van der Waals surface area contributed by atoms with Gasteiger partial charge in [0.1, 0.15) is 13.1 Å². The van der Waals surface area contributed by atoms with Gasteiger partial charge in [-0.05, 0) is 107 Å². The average molecular weight is 553 g/mol. The number of nitrogens with zero attached hydrogens (tertiary/aromatic N) is 4. The highest BCUT2D eigenvalue weighted by Gasteiger charge is 2.43. The molecule has 0 N–H and O–H groups in total. The summed E-state index contributed by atoms with van der Waals surface area (Å²) in [5.41, 5.74) is 3.04. The van der Waals surface area contributed by atoms with Crippen LogP contribution in [-0.2, 0) is 0 Å². The molecule has 4 nitrogen and oxygen atoms in total. The average Bonchev–Trinajstić information content (AvgIpc) is 2.81. The van der Waals surface area contributed by atoms with E-state index in [0.29, 0.717) is 0 Å². The molecular weight excluding hydrogens is 488 g/mol. The summed E-state index contributed by atoms with van der Waals surface area (Å²) in [6, 6.07) is 21.9. The Bertz CT molecular complexity index is 935. The molecule has 0 heterocycles. The monoisotopic (exact) mass is 553 g/mol. The summed E-state index contributed by atoms with van der Waals surface area (Å²) in [6.07, 6.45) is 0. The molecule has 2 aromatic carbocycles. The van der Waals surface area contributed by atoms with E-state index in [9.17, 15) is 0 Å². The highest BCUT2D eigenvalue weighted by atomic mass is 15.5. The zero-order chi connectivity index (χ0) is 30.6. The van der Waals surface area contributed by atoms with Gasteiger partial charge in [-0.2, -0.15) is 0 Å². The van der Waals surface area contributed by atoms with Crippen LogP contribution in [0.5, 0.6) is 0 Å². The standard InChI is InChI=1S/C36H64N4/c1-33(2,3)37(31-21-17-15-18-22-31)25-27-39(13,35(7,8)9)29-30-40(14,36(10,11)12)28-26-38(34(4,5)6)32-23-19-16-20-24-32/h15-24H,25-30H2,1-14H3/q+2. The first kappa shape index (κ1) is 34.2. The maximum atomic E-state index is 2.59. The van der Waals surface area contributed by atoms with Crippen molar-refractivity contribution in [2.45, 2.75) is 105 Å². The van der Waals surface area contributed by atoms with Gasteiger partial charge in [0, 0.05) is 22.5 Å². The summed E-state index contributed by atoms with van der Waals surface area (Å²) in [7, 11) is 4.98. The van der Waals surface area contributed by atoms with E-state index in [0.717, 1.165) is 48.2 Å². The van der Waals surface area contributed by atoms with Crippen LogP contribution in [0.1, 0.15) is 83.1 Å². The predicted octanol–water partition coefficient (Wildman–Crippen LogP) is 8.09. The Kier molecular flexibility index (Phi) is 10.6. The molecular formula is C36H64N4+2. The lowest BCUT2D eigenvalue weighted by Crippen LogP contribution is -2.67. The van der Waals surface area contributed by atoms with Crippen molar-refractivity contribution in [2.24, 2.45) is 0 Å². The van der Waals surface area contributed by atoms with Gasteiger partial charge in [-0.3, -0.25) is 0 Å². The lowest BCUT2D eigenvalue weighted by molar-refractivity contribution is -1.00. The first-order chi connectivity index (χ1) is 18.1. The minimum atomic E-state index is 0.0634. The van der Waals surface area contributed by atoms with Gasteiger partial charge in [0.2, 0.25) is 0 Å². The van der Waals surface area contributed by atoms with Crippen molar-refractivity contribution in [2.75, 3.05) is 63.2 Å². The maximum Gasteiger partial charge on any atom is 0.129 e. The van der Waals surface area contributed by atoms with E-state index in [2.05, 4.69) is 168 Å². The largest absolute Gasteiger partial charge is 0.361 e. The minimum Gasteiger partial charge on any atom is -0.361 e. The Labute approximate surface area is 249 Å². The van der Waals surface area contributed by atoms with Crippen molar-refractivity contribution < 1.29 is 8.97 Å². The van der Waals surface area contributed by atoms with Crippen molar-refractivity contribution in [1.29, 1.82) is 0 Å². The summed E-state index contributed by atoms with van der Waals surface area (Å²) in [4.78, 5) is 5.18. The van der Waals surface area contributed by atoms with Gasteiger partial charge in [-0.25, -0.2) is 0 Å². The van der Waals surface area contributed by atoms with Gasteiger partial charge in [0.25, 0.3) is 0 Å². The molecule has 2 atom stereocenters. The first-order valence-electron chi connectivity index (χ1n) is 15.5. The summed E-state index contributed by atoms with van der Waals surface area (Å²) >= 11 is 0. The number of benzene rings is 2. The number of quaternary nitrogens is 2. The van der Waals surface area contributed by atoms with Crippen molar-refractivity contribution in [3.05, 3.63) is 60.7 Å². The van der Waals surface area contributed by atoms with Gasteiger partial charge >= 0.3 is 0 Å². The number of para-hydroxylation sites is 2. The number of rotatable bonds is 11. The smallest absolute Gasteiger partial charge is 0.129 e. The lowest BCUT2D eigenvalue weighted by Gasteiger charge is -2.52. The molecule has 0 amide bonds. The zero-order valence-corrected chi connectivity index (χ0v) is 28.8. The van der Waals surface area contributed by atoms with Crippen LogP contribution >= 0.6 is 0 Å². The van der Waals surface area contributed by atoms with Crippen molar-refractivity contribution in [1.82, 2.24) is 0 Å². The SMILES string of the molecule is CC(C)(C)N(CC[N+](C)(CC[N+](C)(CCN(c1ccccc1)C(C)(C)C)C(C)(C)C)C(C)(C)C)c1ccccc1. The van der Waals surface area contributed by atoms with E-state index in [4.69, 9.17) is 0 Å². The highest BCUT2D eigenvalue weighted by Crippen LogP contribution is 2.30. The molecule has 0 aliphatic rings. The Balaban J connectivity index is 2.30. The third-order valence-corrected chi connectivity index (χ3v) is 9.72. The Hall–Kier alpha value is -2.04. The molecule has 0 saturated carbocycles. The van der Waals surface area contributed by atoms with E-state index in [1.165, 1.54) is 11.4 Å². The summed E-state index contributed by atoms with van der Waals surface area (Å²) < 4.78 is 2.08. The number of anilines is 2. The normalized spacial score (nSPS) is 16.2. The van der Waals surface area contributed by atoms with E-state index >= 15 is 0 Å². The molecule has 0 fully saturated rings. The van der Waals surface area contributed by atoms with Crippen LogP contribution in [0.3, 0.4) is 0 Å². The maximum absolute atomic E-state index is 2.59. The molecule has 2 unspecified atom stereocenters. The Morgan fingerprint density at radius 1 is 0.450 bits per heavy atom. The summed E-state index contributed by atoms with van der Waals surface area (Å²) in [5.74, 6) is 0. The molecule has 0 bridgehead atoms. The molecule has 4 heteroatoms. The minimum absolute atomic E-state index is 0.0634. The third-order valence-electron chi connectivity index (χ3n) is 9.72. The fourth-order valence-electron chi connectivity index (χ4n) is 5.57. The summed E-state index contributed by atoms with van der Waals surface area (Å²) in [6.45, 7) is 35.1. The zero-order valence-electron chi connectivity index (χ0n) is 28.8. The molecule has 2 rings (SSSR count). The van der Waals surface area contributed by atoms with Crippen LogP contribution < -0.4 is 9.80 Å². The van der Waals surface area contributed by atoms with Crippen molar-refractivity contribution in [3.8, 4) is 0 Å². The van der Waals surface area contributed by atoms with Gasteiger partial charge in [0.05, 0.1) is 51.4 Å². The first-order valence-corrected chi connectivity index (χ1v) is 15.5. The highest BCUT2D eigenvalue weighted by molar-refractivity contribution is 5.49. The third kappa shape index (κ3) is 8.73. The van der Waals surface area contributed by atoms with Crippen LogP contribution in [0.25, 0.3) is 0 Å². The van der Waals surface area contributed by atoms with E-state index in [1.807, 2.05) is 0 Å². The molecule has 2 aromatic rings. The van der Waals surface area contributed by atoms with Crippen LogP contribution in [0, 0.1) is 0 Å². The Morgan fingerprint density at radius 3 is 0.950 bits per heavy atom. The second kappa shape index (κ2) is 12.4. The molecule has 0 aliphatic carbocycles. The fraction of sp³-hybridized carbons (Fsp3) is 0.667. The number of hydrogen-bond acceptors (Lipinski definition) is 2. The van der Waals surface area contributed by atoms with Crippen LogP contribution in [0.15, 0.2) is 60.7 Å². The van der Waals surface area contributed by atoms with Crippen LogP contribution in [-0.4, -0.2) is 84.5 Å². The van der Waals surface area contributed by atoms with E-state index in [-0.39, 0.29) is 22.2 Å². The van der Waals surface area contributed by atoms with Crippen molar-refractivity contribution in [3.63, 3.8) is 0 Å². The molecule has 0 aliphatic heterocycles. The van der Waals surface area contributed by atoms with Gasteiger partial charge in [-0.1, -0.05) is 36.4 Å². The Morgan fingerprint density at radius 2 is 0.725 bits per heavy atom. The van der Waals surface area contributed by atoms with E-state index < -0.39 is 0 Å². The molecule has 0 spiro atoms. The van der Waals surface area contributed by atoms with Crippen molar-refractivity contribution >= 4 is 11.4 Å². The van der Waals surface area contributed by atoms with E-state index in [1.54, 1.807) is 0 Å². The topological polar surface area (TPSA) is 6.48 Å². The molecule has 0 radical (unpaired) electrons. The van der Waals surface area contributed by atoms with Gasteiger partial charge < -0.3 is 18.8 Å². The quantitative estimate of drug-likeness (QED) is 0.260. The second-order valence-electron chi connectivity index (χ2n) is 16.3.